The van der Waals surface area contributed by atoms with E-state index >= 15 is 0 Å². The van der Waals surface area contributed by atoms with Gasteiger partial charge in [-0.3, -0.25) is 4.79 Å². The lowest BCUT2D eigenvalue weighted by Crippen LogP contribution is -2.13. The Morgan fingerprint density at radius 2 is 2.20 bits per heavy atom. The van der Waals surface area contributed by atoms with Crippen LogP contribution in [0.4, 0.5) is 0 Å². The third-order valence-electron chi connectivity index (χ3n) is 2.60. The zero-order chi connectivity index (χ0) is 10.8. The number of carbonyl (C=O) groups excluding carboxylic acids is 1. The third kappa shape index (κ3) is 1.78. The minimum atomic E-state index is -0.433. The van der Waals surface area contributed by atoms with Gasteiger partial charge in [-0.05, 0) is 24.4 Å². The van der Waals surface area contributed by atoms with E-state index in [9.17, 15) is 4.79 Å². The van der Waals surface area contributed by atoms with Gasteiger partial charge in [0.2, 0.25) is 0 Å². The second-order valence-corrected chi connectivity index (χ2v) is 3.66. The van der Waals surface area contributed by atoms with Crippen molar-refractivity contribution >= 4 is 16.7 Å². The summed E-state index contributed by atoms with van der Waals surface area (Å²) in [6, 6.07) is 9.72. The van der Waals surface area contributed by atoms with Crippen LogP contribution in [0.3, 0.4) is 0 Å². The number of Topliss-reactive ketones (excluding diaryl/α,β-unsaturated/α-hetero) is 1. The standard InChI is InChI=1S/C12H13NO2/c1-8(15)10(7-14)12-6-9-4-2-3-5-11(9)13-12/h2-6,10,13-14H,7H2,1H3. The van der Waals surface area contributed by atoms with Crippen LogP contribution in [0.5, 0.6) is 0 Å². The molecule has 1 atom stereocenters. The first kappa shape index (κ1) is 9.93. The second-order valence-electron chi connectivity index (χ2n) is 3.66. The molecule has 2 aromatic rings. The number of aromatic nitrogens is 1. The molecule has 0 fully saturated rings. The number of nitrogens with one attached hydrogen (secondary N) is 1. The first-order chi connectivity index (χ1) is 7.22. The van der Waals surface area contributed by atoms with Gasteiger partial charge < -0.3 is 10.1 Å². The van der Waals surface area contributed by atoms with E-state index in [2.05, 4.69) is 4.98 Å². The molecule has 78 valence electrons. The van der Waals surface area contributed by atoms with Crippen LogP contribution in [-0.2, 0) is 4.79 Å². The van der Waals surface area contributed by atoms with E-state index in [1.807, 2.05) is 30.3 Å². The molecule has 3 nitrogen and oxygen atoms in total. The monoisotopic (exact) mass is 203 g/mol. The lowest BCUT2D eigenvalue weighted by atomic mass is 10.0. The molecule has 15 heavy (non-hydrogen) atoms. The number of hydrogen-bond donors (Lipinski definition) is 2. The normalized spacial score (nSPS) is 12.9. The van der Waals surface area contributed by atoms with Crippen LogP contribution in [0.25, 0.3) is 10.9 Å². The average Bonchev–Trinajstić information content (AvgIpc) is 2.61. The highest BCUT2D eigenvalue weighted by molar-refractivity contribution is 5.87. The topological polar surface area (TPSA) is 53.1 Å². The maximum atomic E-state index is 11.3. The van der Waals surface area contributed by atoms with Crippen molar-refractivity contribution in [1.82, 2.24) is 4.98 Å². The average molecular weight is 203 g/mol. The number of para-hydroxylation sites is 1. The van der Waals surface area contributed by atoms with Crippen molar-refractivity contribution in [3.05, 3.63) is 36.0 Å². The molecule has 0 bridgehead atoms. The Morgan fingerprint density at radius 1 is 1.47 bits per heavy atom. The van der Waals surface area contributed by atoms with Crippen LogP contribution in [0.1, 0.15) is 18.5 Å². The first-order valence-electron chi connectivity index (χ1n) is 4.91. The van der Waals surface area contributed by atoms with E-state index in [-0.39, 0.29) is 12.4 Å². The number of aliphatic hydroxyl groups excluding tert-OH is 1. The maximum absolute atomic E-state index is 11.3. The number of rotatable bonds is 3. The van der Waals surface area contributed by atoms with Crippen LogP contribution in [-0.4, -0.2) is 22.5 Å². The lowest BCUT2D eigenvalue weighted by Gasteiger charge is -2.07. The summed E-state index contributed by atoms with van der Waals surface area (Å²) in [5.74, 6) is -0.457. The van der Waals surface area contributed by atoms with Gasteiger partial charge in [-0.15, -0.1) is 0 Å². The number of aliphatic hydroxyl groups is 1. The van der Waals surface area contributed by atoms with Crippen molar-refractivity contribution < 1.29 is 9.90 Å². The van der Waals surface area contributed by atoms with Gasteiger partial charge in [0, 0.05) is 11.2 Å². The number of ketones is 1. The van der Waals surface area contributed by atoms with Gasteiger partial charge >= 0.3 is 0 Å². The van der Waals surface area contributed by atoms with Gasteiger partial charge in [0.15, 0.2) is 0 Å². The predicted octanol–water partition coefficient (Wildman–Crippen LogP) is 1.83. The Morgan fingerprint density at radius 3 is 2.80 bits per heavy atom. The van der Waals surface area contributed by atoms with E-state index < -0.39 is 5.92 Å². The predicted molar refractivity (Wildman–Crippen MR) is 58.8 cm³/mol. The van der Waals surface area contributed by atoms with Gasteiger partial charge in [-0.2, -0.15) is 0 Å². The molecule has 0 radical (unpaired) electrons. The molecule has 1 heterocycles. The number of benzene rings is 1. The molecule has 1 aromatic heterocycles. The highest BCUT2D eigenvalue weighted by Crippen LogP contribution is 2.21. The molecule has 1 unspecified atom stereocenters. The van der Waals surface area contributed by atoms with E-state index in [0.717, 1.165) is 16.6 Å². The number of H-pyrrole nitrogens is 1. The Hall–Kier alpha value is -1.61. The number of hydrogen-bond acceptors (Lipinski definition) is 2. The van der Waals surface area contributed by atoms with Gasteiger partial charge in [0.1, 0.15) is 5.78 Å². The molecule has 0 aliphatic carbocycles. The summed E-state index contributed by atoms with van der Waals surface area (Å²) in [7, 11) is 0. The zero-order valence-corrected chi connectivity index (χ0v) is 8.53. The fraction of sp³-hybridized carbons (Fsp3) is 0.250. The van der Waals surface area contributed by atoms with Crippen LogP contribution in [0.2, 0.25) is 0 Å². The molecule has 0 spiro atoms. The molecule has 3 heteroatoms. The molecule has 2 rings (SSSR count). The largest absolute Gasteiger partial charge is 0.395 e. The summed E-state index contributed by atoms with van der Waals surface area (Å²) in [4.78, 5) is 14.4. The summed E-state index contributed by atoms with van der Waals surface area (Å²) >= 11 is 0. The molecule has 0 aliphatic rings. The van der Waals surface area contributed by atoms with E-state index in [0.29, 0.717) is 0 Å². The molecule has 0 amide bonds. The van der Waals surface area contributed by atoms with Crippen molar-refractivity contribution in [1.29, 1.82) is 0 Å². The van der Waals surface area contributed by atoms with Gasteiger partial charge in [0.25, 0.3) is 0 Å². The highest BCUT2D eigenvalue weighted by atomic mass is 16.3. The summed E-state index contributed by atoms with van der Waals surface area (Å²) in [6.45, 7) is 1.34. The van der Waals surface area contributed by atoms with E-state index in [1.54, 1.807) is 0 Å². The van der Waals surface area contributed by atoms with Crippen molar-refractivity contribution in [2.45, 2.75) is 12.8 Å². The minimum absolute atomic E-state index is 0.0240. The first-order valence-corrected chi connectivity index (χ1v) is 4.91. The Balaban J connectivity index is 2.47. The Bertz CT molecular complexity index is 454. The fourth-order valence-electron chi connectivity index (χ4n) is 1.73. The Labute approximate surface area is 87.7 Å². The summed E-state index contributed by atoms with van der Waals surface area (Å²) in [5.41, 5.74) is 1.78. The molecule has 1 aromatic carbocycles. The van der Waals surface area contributed by atoms with Gasteiger partial charge in [-0.1, -0.05) is 18.2 Å². The summed E-state index contributed by atoms with van der Waals surface area (Å²) < 4.78 is 0. The van der Waals surface area contributed by atoms with Crippen molar-refractivity contribution in [2.75, 3.05) is 6.61 Å². The number of fused-ring (bicyclic) bond motifs is 1. The molecular weight excluding hydrogens is 190 g/mol. The second kappa shape index (κ2) is 3.87. The van der Waals surface area contributed by atoms with Crippen LogP contribution in [0, 0.1) is 0 Å². The van der Waals surface area contributed by atoms with Crippen LogP contribution >= 0.6 is 0 Å². The summed E-state index contributed by atoms with van der Waals surface area (Å²) in [6.07, 6.45) is 0. The third-order valence-corrected chi connectivity index (χ3v) is 2.60. The van der Waals surface area contributed by atoms with Crippen molar-refractivity contribution in [3.63, 3.8) is 0 Å². The molecule has 2 N–H and O–H groups in total. The smallest absolute Gasteiger partial charge is 0.141 e. The molecular formula is C12H13NO2. The van der Waals surface area contributed by atoms with Crippen molar-refractivity contribution in [3.8, 4) is 0 Å². The van der Waals surface area contributed by atoms with Gasteiger partial charge in [-0.25, -0.2) is 0 Å². The molecule has 0 saturated carbocycles. The Kier molecular flexibility index (Phi) is 2.56. The van der Waals surface area contributed by atoms with Crippen LogP contribution < -0.4 is 0 Å². The zero-order valence-electron chi connectivity index (χ0n) is 8.53. The highest BCUT2D eigenvalue weighted by Gasteiger charge is 2.17. The fourth-order valence-corrected chi connectivity index (χ4v) is 1.73. The molecule has 0 aliphatic heterocycles. The SMILES string of the molecule is CC(=O)C(CO)c1cc2ccccc2[nH]1. The van der Waals surface area contributed by atoms with Crippen molar-refractivity contribution in [2.24, 2.45) is 0 Å². The minimum Gasteiger partial charge on any atom is -0.395 e. The van der Waals surface area contributed by atoms with E-state index in [1.165, 1.54) is 6.92 Å². The number of carbonyl (C=O) groups is 1. The van der Waals surface area contributed by atoms with Gasteiger partial charge in [0.05, 0.1) is 12.5 Å². The molecule has 0 saturated heterocycles. The maximum Gasteiger partial charge on any atom is 0.141 e. The quantitative estimate of drug-likeness (QED) is 0.799. The van der Waals surface area contributed by atoms with E-state index in [4.69, 9.17) is 5.11 Å². The van der Waals surface area contributed by atoms with Crippen LogP contribution in [0.15, 0.2) is 30.3 Å². The lowest BCUT2D eigenvalue weighted by molar-refractivity contribution is -0.119. The number of aromatic amines is 1. The summed E-state index contributed by atoms with van der Waals surface area (Å²) in [5, 5.41) is 10.2.